The van der Waals surface area contributed by atoms with E-state index in [9.17, 15) is 4.79 Å². The second kappa shape index (κ2) is 7.79. The van der Waals surface area contributed by atoms with Crippen LogP contribution in [0.2, 0.25) is 0 Å². The molecular formula is C23H22N6O2. The minimum Gasteiger partial charge on any atom is -0.481 e. The first-order chi connectivity index (χ1) is 15.1. The van der Waals surface area contributed by atoms with Gasteiger partial charge in [-0.1, -0.05) is 6.07 Å². The molecule has 1 aliphatic rings. The van der Waals surface area contributed by atoms with Gasteiger partial charge in [0.1, 0.15) is 0 Å². The molecule has 156 valence electrons. The molecule has 4 aromatic rings. The van der Waals surface area contributed by atoms with Crippen molar-refractivity contribution in [3.05, 3.63) is 71.3 Å². The van der Waals surface area contributed by atoms with Crippen LogP contribution >= 0.6 is 0 Å². The Bertz CT molecular complexity index is 1260. The summed E-state index contributed by atoms with van der Waals surface area (Å²) in [5, 5.41) is 8.42. The molecule has 0 spiro atoms. The Hall–Kier alpha value is -3.81. The van der Waals surface area contributed by atoms with Gasteiger partial charge in [0.25, 0.3) is 5.91 Å². The van der Waals surface area contributed by atoms with Crippen molar-refractivity contribution in [3.63, 3.8) is 0 Å². The summed E-state index contributed by atoms with van der Waals surface area (Å²) in [7, 11) is 1.57. The lowest BCUT2D eigenvalue weighted by Gasteiger charge is -2.10. The molecular weight excluding hydrogens is 392 g/mol. The lowest BCUT2D eigenvalue weighted by molar-refractivity contribution is 0.0952. The van der Waals surface area contributed by atoms with Gasteiger partial charge in [-0.3, -0.25) is 4.79 Å². The van der Waals surface area contributed by atoms with Crippen LogP contribution in [0.25, 0.3) is 16.9 Å². The SMILES string of the molecule is COc1cc(CNC(=O)c2cc(C3CC3)nc3c2c(C)nn3-c2ccccn2)ccn1. The number of aryl methyl sites for hydroxylation is 1. The number of nitrogens with zero attached hydrogens (tertiary/aromatic N) is 5. The van der Waals surface area contributed by atoms with E-state index < -0.39 is 0 Å². The minimum atomic E-state index is -0.159. The fourth-order valence-corrected chi connectivity index (χ4v) is 3.66. The number of hydrogen-bond donors (Lipinski definition) is 1. The molecule has 0 aliphatic heterocycles. The number of carbonyl (C=O) groups excluding carboxylic acids is 1. The summed E-state index contributed by atoms with van der Waals surface area (Å²) < 4.78 is 6.89. The molecule has 0 unspecified atom stereocenters. The van der Waals surface area contributed by atoms with Gasteiger partial charge in [-0.2, -0.15) is 9.78 Å². The van der Waals surface area contributed by atoms with Crippen molar-refractivity contribution in [2.45, 2.75) is 32.2 Å². The summed E-state index contributed by atoms with van der Waals surface area (Å²) in [5.74, 6) is 1.43. The van der Waals surface area contributed by atoms with Gasteiger partial charge in [-0.15, -0.1) is 0 Å². The number of methoxy groups -OCH3 is 1. The maximum atomic E-state index is 13.2. The number of rotatable bonds is 6. The molecule has 1 amide bonds. The zero-order valence-electron chi connectivity index (χ0n) is 17.4. The van der Waals surface area contributed by atoms with Crippen LogP contribution in [0, 0.1) is 6.92 Å². The van der Waals surface area contributed by atoms with E-state index in [0.717, 1.165) is 35.2 Å². The molecule has 1 saturated carbocycles. The fraction of sp³-hybridized carbons (Fsp3) is 0.261. The van der Waals surface area contributed by atoms with E-state index >= 15 is 0 Å². The van der Waals surface area contributed by atoms with Crippen LogP contribution in [-0.2, 0) is 6.54 Å². The predicted octanol–water partition coefficient (Wildman–Crippen LogP) is 3.33. The minimum absolute atomic E-state index is 0.159. The van der Waals surface area contributed by atoms with Crippen LogP contribution in [0.5, 0.6) is 5.88 Å². The van der Waals surface area contributed by atoms with E-state index in [1.54, 1.807) is 24.2 Å². The third-order valence-corrected chi connectivity index (χ3v) is 5.40. The quantitative estimate of drug-likeness (QED) is 0.520. The molecule has 0 radical (unpaired) electrons. The van der Waals surface area contributed by atoms with Crippen molar-refractivity contribution in [1.82, 2.24) is 30.0 Å². The van der Waals surface area contributed by atoms with Crippen LogP contribution in [0.3, 0.4) is 0 Å². The summed E-state index contributed by atoms with van der Waals surface area (Å²) >= 11 is 0. The van der Waals surface area contributed by atoms with Crippen LogP contribution < -0.4 is 10.1 Å². The Labute approximate surface area is 179 Å². The van der Waals surface area contributed by atoms with Gasteiger partial charge in [0.2, 0.25) is 5.88 Å². The van der Waals surface area contributed by atoms with Crippen molar-refractivity contribution in [3.8, 4) is 11.7 Å². The Morgan fingerprint density at radius 1 is 1.19 bits per heavy atom. The number of hydrogen-bond acceptors (Lipinski definition) is 6. The largest absolute Gasteiger partial charge is 0.481 e. The summed E-state index contributed by atoms with van der Waals surface area (Å²) in [6.07, 6.45) is 5.57. The number of pyridine rings is 3. The third-order valence-electron chi connectivity index (χ3n) is 5.40. The maximum absolute atomic E-state index is 13.2. The predicted molar refractivity (Wildman–Crippen MR) is 115 cm³/mol. The highest BCUT2D eigenvalue weighted by atomic mass is 16.5. The first-order valence-corrected chi connectivity index (χ1v) is 10.2. The highest BCUT2D eigenvalue weighted by Gasteiger charge is 2.29. The molecule has 1 fully saturated rings. The first-order valence-electron chi connectivity index (χ1n) is 10.2. The average molecular weight is 414 g/mol. The van der Waals surface area contributed by atoms with Gasteiger partial charge in [0, 0.05) is 36.6 Å². The van der Waals surface area contributed by atoms with E-state index in [-0.39, 0.29) is 5.91 Å². The van der Waals surface area contributed by atoms with Gasteiger partial charge in [0.05, 0.1) is 23.8 Å². The number of fused-ring (bicyclic) bond motifs is 1. The topological polar surface area (TPSA) is 94.8 Å². The van der Waals surface area contributed by atoms with Crippen LogP contribution in [0.1, 0.15) is 46.1 Å². The molecule has 8 nitrogen and oxygen atoms in total. The lowest BCUT2D eigenvalue weighted by Crippen LogP contribution is -2.23. The first kappa shape index (κ1) is 19.2. The number of ether oxygens (including phenoxy) is 1. The second-order valence-electron chi connectivity index (χ2n) is 7.64. The van der Waals surface area contributed by atoms with Crippen molar-refractivity contribution in [2.24, 2.45) is 0 Å². The van der Waals surface area contributed by atoms with Crippen molar-refractivity contribution >= 4 is 16.9 Å². The standard InChI is InChI=1S/C23H22N6O2/c1-14-21-17(23(30)26-13-15-8-10-25-20(11-15)31-2)12-18(16-6-7-16)27-22(21)29(28-14)19-5-3-4-9-24-19/h3-5,8-12,16H,6-7,13H2,1-2H3,(H,26,30). The molecule has 31 heavy (non-hydrogen) atoms. The number of carbonyl (C=O) groups is 1. The van der Waals surface area contributed by atoms with Gasteiger partial charge in [0.15, 0.2) is 11.5 Å². The average Bonchev–Trinajstić information content (AvgIpc) is 3.61. The summed E-state index contributed by atoms with van der Waals surface area (Å²) in [5.41, 5.74) is 3.84. The molecule has 0 atom stereocenters. The zero-order chi connectivity index (χ0) is 21.4. The molecule has 4 heterocycles. The summed E-state index contributed by atoms with van der Waals surface area (Å²) in [6, 6.07) is 11.2. The van der Waals surface area contributed by atoms with Crippen LogP contribution in [0.4, 0.5) is 0 Å². The maximum Gasteiger partial charge on any atom is 0.252 e. The molecule has 4 aromatic heterocycles. The Kier molecular flexibility index (Phi) is 4.82. The smallest absolute Gasteiger partial charge is 0.252 e. The highest BCUT2D eigenvalue weighted by Crippen LogP contribution is 2.40. The van der Waals surface area contributed by atoms with E-state index in [4.69, 9.17) is 9.72 Å². The number of nitrogens with one attached hydrogen (secondary N) is 1. The Balaban J connectivity index is 1.54. The highest BCUT2D eigenvalue weighted by molar-refractivity contribution is 6.06. The lowest BCUT2D eigenvalue weighted by atomic mass is 10.1. The summed E-state index contributed by atoms with van der Waals surface area (Å²) in [4.78, 5) is 26.6. The molecule has 0 bridgehead atoms. The van der Waals surface area contributed by atoms with Gasteiger partial charge >= 0.3 is 0 Å². The normalized spacial score (nSPS) is 13.4. The Morgan fingerprint density at radius 3 is 2.81 bits per heavy atom. The molecule has 1 N–H and O–H groups in total. The van der Waals surface area contributed by atoms with Crippen molar-refractivity contribution in [2.75, 3.05) is 7.11 Å². The van der Waals surface area contributed by atoms with Crippen LogP contribution in [-0.4, -0.2) is 37.7 Å². The molecule has 0 aromatic carbocycles. The molecule has 8 heteroatoms. The monoisotopic (exact) mass is 414 g/mol. The van der Waals surface area contributed by atoms with E-state index in [2.05, 4.69) is 20.4 Å². The number of amides is 1. The van der Waals surface area contributed by atoms with Crippen LogP contribution in [0.15, 0.2) is 48.8 Å². The van der Waals surface area contributed by atoms with E-state index in [1.165, 1.54) is 0 Å². The van der Waals surface area contributed by atoms with Crippen molar-refractivity contribution in [1.29, 1.82) is 0 Å². The van der Waals surface area contributed by atoms with Gasteiger partial charge in [-0.05, 0) is 49.6 Å². The second-order valence-corrected chi connectivity index (χ2v) is 7.64. The molecule has 0 saturated heterocycles. The summed E-state index contributed by atoms with van der Waals surface area (Å²) in [6.45, 7) is 2.26. The van der Waals surface area contributed by atoms with Crippen molar-refractivity contribution < 1.29 is 9.53 Å². The van der Waals surface area contributed by atoms with E-state index in [1.807, 2.05) is 43.3 Å². The fourth-order valence-electron chi connectivity index (χ4n) is 3.66. The molecule has 1 aliphatic carbocycles. The third kappa shape index (κ3) is 3.72. The van der Waals surface area contributed by atoms with Gasteiger partial charge in [-0.25, -0.2) is 15.0 Å². The number of aromatic nitrogens is 5. The Morgan fingerprint density at radius 2 is 2.06 bits per heavy atom. The molecule has 5 rings (SSSR count). The van der Waals surface area contributed by atoms with Gasteiger partial charge < -0.3 is 10.1 Å². The zero-order valence-corrected chi connectivity index (χ0v) is 17.4. The van der Waals surface area contributed by atoms with E-state index in [0.29, 0.717) is 35.4 Å².